The molecule has 0 spiro atoms. The summed E-state index contributed by atoms with van der Waals surface area (Å²) in [6, 6.07) is 7.66. The molecule has 1 rings (SSSR count). The Balaban J connectivity index is 0.00000676. The highest BCUT2D eigenvalue weighted by atomic mass is 127. The first-order valence-corrected chi connectivity index (χ1v) is 9.72. The third-order valence-corrected chi connectivity index (χ3v) is 4.15. The molecule has 0 heterocycles. The van der Waals surface area contributed by atoms with Gasteiger partial charge in [-0.1, -0.05) is 38.8 Å². The molecule has 1 aromatic rings. The van der Waals surface area contributed by atoms with Gasteiger partial charge in [-0.05, 0) is 51.3 Å². The van der Waals surface area contributed by atoms with E-state index in [-0.39, 0.29) is 35.4 Å². The van der Waals surface area contributed by atoms with Gasteiger partial charge in [0.1, 0.15) is 0 Å². The summed E-state index contributed by atoms with van der Waals surface area (Å²) in [6.45, 7) is 14.7. The molecule has 3 N–H and O–H groups in total. The van der Waals surface area contributed by atoms with Crippen LogP contribution in [-0.4, -0.2) is 30.5 Å². The number of amides is 1. The average molecular weight is 488 g/mol. The lowest BCUT2D eigenvalue weighted by Gasteiger charge is -2.20. The minimum Gasteiger partial charge on any atom is -0.357 e. The largest absolute Gasteiger partial charge is 0.357 e. The van der Waals surface area contributed by atoms with Crippen LogP contribution in [0, 0.1) is 5.92 Å². The number of rotatable bonds is 8. The molecular formula is C21H37IN4O. The van der Waals surface area contributed by atoms with Crippen LogP contribution in [0.3, 0.4) is 0 Å². The van der Waals surface area contributed by atoms with Gasteiger partial charge < -0.3 is 16.0 Å². The van der Waals surface area contributed by atoms with Crippen molar-refractivity contribution in [1.82, 2.24) is 16.0 Å². The molecule has 0 saturated heterocycles. The van der Waals surface area contributed by atoms with E-state index in [0.29, 0.717) is 18.0 Å². The van der Waals surface area contributed by atoms with Crippen molar-refractivity contribution >= 4 is 35.8 Å². The van der Waals surface area contributed by atoms with Gasteiger partial charge in [-0.3, -0.25) is 4.79 Å². The normalized spacial score (nSPS) is 11.7. The van der Waals surface area contributed by atoms with Crippen LogP contribution in [0.4, 0.5) is 0 Å². The molecule has 27 heavy (non-hydrogen) atoms. The lowest BCUT2D eigenvalue weighted by Crippen LogP contribution is -2.40. The summed E-state index contributed by atoms with van der Waals surface area (Å²) in [5.74, 6) is 1.43. The first-order valence-electron chi connectivity index (χ1n) is 9.72. The number of nitrogens with one attached hydrogen (secondary N) is 3. The van der Waals surface area contributed by atoms with E-state index in [0.717, 1.165) is 37.5 Å². The second-order valence-corrected chi connectivity index (χ2v) is 7.66. The molecule has 0 aliphatic carbocycles. The van der Waals surface area contributed by atoms with Crippen molar-refractivity contribution in [2.75, 3.05) is 13.1 Å². The maximum Gasteiger partial charge on any atom is 0.251 e. The first kappa shape index (κ1) is 25.7. The number of nitrogens with zero attached hydrogens (tertiary/aromatic N) is 1. The van der Waals surface area contributed by atoms with E-state index in [9.17, 15) is 4.79 Å². The molecule has 0 aliphatic heterocycles. The van der Waals surface area contributed by atoms with Crippen LogP contribution in [0.2, 0.25) is 0 Å². The maximum atomic E-state index is 12.3. The molecule has 154 valence electrons. The number of halogens is 1. The molecule has 0 fully saturated rings. The third kappa shape index (κ3) is 10.6. The second-order valence-electron chi connectivity index (χ2n) is 7.66. The molecule has 0 aliphatic rings. The van der Waals surface area contributed by atoms with Crippen molar-refractivity contribution < 1.29 is 4.79 Å². The molecule has 6 heteroatoms. The lowest BCUT2D eigenvalue weighted by molar-refractivity contribution is 0.0919. The van der Waals surface area contributed by atoms with Crippen molar-refractivity contribution in [3.05, 3.63) is 35.4 Å². The first-order chi connectivity index (χ1) is 12.3. The van der Waals surface area contributed by atoms with Crippen molar-refractivity contribution in [2.24, 2.45) is 10.9 Å². The summed E-state index contributed by atoms with van der Waals surface area (Å²) in [5, 5.41) is 9.70. The third-order valence-electron chi connectivity index (χ3n) is 4.15. The molecular weight excluding hydrogens is 451 g/mol. The van der Waals surface area contributed by atoms with Gasteiger partial charge in [0, 0.05) is 24.2 Å². The minimum absolute atomic E-state index is 0. The molecule has 0 aromatic heterocycles. The number of aliphatic imine (C=N–C) groups is 1. The number of hydrogen-bond donors (Lipinski definition) is 3. The van der Waals surface area contributed by atoms with Crippen LogP contribution in [0.1, 0.15) is 70.3 Å². The Morgan fingerprint density at radius 3 is 2.33 bits per heavy atom. The predicted molar refractivity (Wildman–Crippen MR) is 126 cm³/mol. The Morgan fingerprint density at radius 2 is 1.78 bits per heavy atom. The molecule has 0 atom stereocenters. The second kappa shape index (κ2) is 13.0. The van der Waals surface area contributed by atoms with E-state index in [1.54, 1.807) is 0 Å². The molecule has 0 saturated carbocycles. The zero-order valence-corrected chi connectivity index (χ0v) is 20.0. The monoisotopic (exact) mass is 488 g/mol. The summed E-state index contributed by atoms with van der Waals surface area (Å²) in [7, 11) is 0. The van der Waals surface area contributed by atoms with Gasteiger partial charge in [-0.25, -0.2) is 4.99 Å². The summed E-state index contributed by atoms with van der Waals surface area (Å²) in [5.41, 5.74) is 1.44. The highest BCUT2D eigenvalue weighted by molar-refractivity contribution is 14.0. The highest BCUT2D eigenvalue weighted by Crippen LogP contribution is 2.09. The zero-order chi connectivity index (χ0) is 19.6. The van der Waals surface area contributed by atoms with Gasteiger partial charge in [-0.2, -0.15) is 0 Å². The molecule has 0 radical (unpaired) electrons. The van der Waals surface area contributed by atoms with E-state index >= 15 is 0 Å². The number of benzene rings is 1. The van der Waals surface area contributed by atoms with Crippen molar-refractivity contribution in [2.45, 2.75) is 66.5 Å². The minimum atomic E-state index is -0.248. The number of hydrogen-bond acceptors (Lipinski definition) is 2. The Bertz CT molecular complexity index is 592. The van der Waals surface area contributed by atoms with E-state index in [1.807, 2.05) is 45.0 Å². The predicted octanol–water partition coefficient (Wildman–Crippen LogP) is 4.32. The Hall–Kier alpha value is -1.31. The zero-order valence-electron chi connectivity index (χ0n) is 17.7. The van der Waals surface area contributed by atoms with Gasteiger partial charge in [0.2, 0.25) is 0 Å². The fourth-order valence-corrected chi connectivity index (χ4v) is 2.55. The van der Waals surface area contributed by atoms with E-state index < -0.39 is 0 Å². The van der Waals surface area contributed by atoms with Crippen LogP contribution >= 0.6 is 24.0 Å². The van der Waals surface area contributed by atoms with Crippen LogP contribution < -0.4 is 16.0 Å². The SMILES string of the molecule is CCNC(=NCc1cccc(C(=O)NC(C)(C)C)c1)NCC(CC)CC.I. The van der Waals surface area contributed by atoms with Crippen LogP contribution in [-0.2, 0) is 6.54 Å². The Morgan fingerprint density at radius 1 is 1.11 bits per heavy atom. The highest BCUT2D eigenvalue weighted by Gasteiger charge is 2.15. The molecule has 1 aromatic carbocycles. The Labute approximate surface area is 182 Å². The summed E-state index contributed by atoms with van der Waals surface area (Å²) < 4.78 is 0. The molecule has 5 nitrogen and oxygen atoms in total. The topological polar surface area (TPSA) is 65.5 Å². The summed E-state index contributed by atoms with van der Waals surface area (Å²) in [6.07, 6.45) is 2.32. The number of carbonyl (C=O) groups excluding carboxylic acids is 1. The van der Waals surface area contributed by atoms with Crippen LogP contribution in [0.15, 0.2) is 29.3 Å². The Kier molecular flexibility index (Phi) is 12.3. The lowest BCUT2D eigenvalue weighted by atomic mass is 10.0. The summed E-state index contributed by atoms with van der Waals surface area (Å²) >= 11 is 0. The van der Waals surface area contributed by atoms with Crippen molar-refractivity contribution in [1.29, 1.82) is 0 Å². The molecule has 0 bridgehead atoms. The summed E-state index contributed by atoms with van der Waals surface area (Å²) in [4.78, 5) is 17.0. The van der Waals surface area contributed by atoms with E-state index in [4.69, 9.17) is 0 Å². The van der Waals surface area contributed by atoms with Gasteiger partial charge in [0.15, 0.2) is 5.96 Å². The quantitative estimate of drug-likeness (QED) is 0.290. The van der Waals surface area contributed by atoms with Gasteiger partial charge in [0.05, 0.1) is 6.54 Å². The maximum absolute atomic E-state index is 12.3. The van der Waals surface area contributed by atoms with Crippen LogP contribution in [0.5, 0.6) is 0 Å². The number of carbonyl (C=O) groups is 1. The van der Waals surface area contributed by atoms with E-state index in [1.165, 1.54) is 0 Å². The van der Waals surface area contributed by atoms with Crippen molar-refractivity contribution in [3.8, 4) is 0 Å². The average Bonchev–Trinajstić information content (AvgIpc) is 2.59. The van der Waals surface area contributed by atoms with E-state index in [2.05, 4.69) is 41.7 Å². The molecule has 0 unspecified atom stereocenters. The van der Waals surface area contributed by atoms with Gasteiger partial charge in [-0.15, -0.1) is 24.0 Å². The van der Waals surface area contributed by atoms with Gasteiger partial charge >= 0.3 is 0 Å². The standard InChI is InChI=1S/C21H36N4O.HI/c1-7-16(8-2)14-23-20(22-9-3)24-15-17-11-10-12-18(13-17)19(26)25-21(4,5)6;/h10-13,16H,7-9,14-15H2,1-6H3,(H,25,26)(H2,22,23,24);1H. The fourth-order valence-electron chi connectivity index (χ4n) is 2.55. The number of guanidine groups is 1. The van der Waals surface area contributed by atoms with Crippen molar-refractivity contribution in [3.63, 3.8) is 0 Å². The molecule has 1 amide bonds. The van der Waals surface area contributed by atoms with Gasteiger partial charge in [0.25, 0.3) is 5.91 Å². The smallest absolute Gasteiger partial charge is 0.251 e. The fraction of sp³-hybridized carbons (Fsp3) is 0.619. The van der Waals surface area contributed by atoms with Crippen LogP contribution in [0.25, 0.3) is 0 Å².